The van der Waals surface area contributed by atoms with Crippen LogP contribution in [0.25, 0.3) is 21.9 Å². The van der Waals surface area contributed by atoms with Crippen LogP contribution in [0.15, 0.2) is 40.8 Å². The quantitative estimate of drug-likeness (QED) is 0.479. The number of para-hydroxylation sites is 1. The highest BCUT2D eigenvalue weighted by atomic mass is 16.3. The maximum Gasteiger partial charge on any atom is 0.135 e. The summed E-state index contributed by atoms with van der Waals surface area (Å²) >= 11 is 0. The highest BCUT2D eigenvalue weighted by molar-refractivity contribution is 6.05. The zero-order valence-electron chi connectivity index (χ0n) is 13.9. The molecule has 0 unspecified atom stereocenters. The molecule has 0 aliphatic heterocycles. The zero-order valence-corrected chi connectivity index (χ0v) is 13.9. The second-order valence-corrected chi connectivity index (χ2v) is 7.99. The van der Waals surface area contributed by atoms with Crippen LogP contribution in [0.5, 0.6) is 0 Å². The lowest BCUT2D eigenvalue weighted by Crippen LogP contribution is -2.21. The van der Waals surface area contributed by atoms with Gasteiger partial charge in [-0.05, 0) is 40.2 Å². The highest BCUT2D eigenvalue weighted by Crippen LogP contribution is 2.39. The van der Waals surface area contributed by atoms with Gasteiger partial charge in [0, 0.05) is 10.8 Å². The van der Waals surface area contributed by atoms with Gasteiger partial charge < -0.3 is 4.42 Å². The molecule has 1 heteroatoms. The van der Waals surface area contributed by atoms with Crippen molar-refractivity contribution < 1.29 is 4.42 Å². The van der Waals surface area contributed by atoms with E-state index in [4.69, 9.17) is 4.42 Å². The first-order valence-corrected chi connectivity index (χ1v) is 7.64. The van der Waals surface area contributed by atoms with Crippen LogP contribution in [0.3, 0.4) is 0 Å². The van der Waals surface area contributed by atoms with E-state index in [0.717, 1.165) is 11.2 Å². The maximum atomic E-state index is 6.06. The first kappa shape index (κ1) is 14.2. The number of furan rings is 1. The van der Waals surface area contributed by atoms with Gasteiger partial charge in [0.05, 0.1) is 0 Å². The van der Waals surface area contributed by atoms with Gasteiger partial charge in [-0.3, -0.25) is 0 Å². The van der Waals surface area contributed by atoms with Crippen LogP contribution in [0, 0.1) is 0 Å². The molecule has 1 heterocycles. The van der Waals surface area contributed by atoms with E-state index in [1.807, 2.05) is 12.1 Å². The van der Waals surface area contributed by atoms with E-state index >= 15 is 0 Å². The van der Waals surface area contributed by atoms with E-state index in [2.05, 4.69) is 65.8 Å². The molecule has 0 aliphatic rings. The standard InChI is InChI=1S/C20H24O/c1-19(2,3)15-11-14-13-9-7-8-10-17(13)21-18(14)12-16(15)20(4,5)6/h7-12H,1-6H3. The molecule has 0 spiro atoms. The van der Waals surface area contributed by atoms with Crippen LogP contribution >= 0.6 is 0 Å². The number of rotatable bonds is 0. The van der Waals surface area contributed by atoms with Crippen LogP contribution < -0.4 is 0 Å². The number of hydrogen-bond acceptors (Lipinski definition) is 1. The Hall–Kier alpha value is -1.76. The summed E-state index contributed by atoms with van der Waals surface area (Å²) in [5.74, 6) is 0. The van der Waals surface area contributed by atoms with Gasteiger partial charge in [0.1, 0.15) is 11.2 Å². The summed E-state index contributed by atoms with van der Waals surface area (Å²) < 4.78 is 6.06. The topological polar surface area (TPSA) is 13.1 Å². The van der Waals surface area contributed by atoms with Gasteiger partial charge in [0.15, 0.2) is 0 Å². The van der Waals surface area contributed by atoms with Crippen molar-refractivity contribution in [2.45, 2.75) is 52.4 Å². The number of benzene rings is 2. The van der Waals surface area contributed by atoms with E-state index in [1.165, 1.54) is 21.9 Å². The molecule has 110 valence electrons. The lowest BCUT2D eigenvalue weighted by Gasteiger charge is -2.30. The van der Waals surface area contributed by atoms with Gasteiger partial charge in [-0.25, -0.2) is 0 Å². The van der Waals surface area contributed by atoms with Gasteiger partial charge in [-0.1, -0.05) is 59.7 Å². The Kier molecular flexibility index (Phi) is 2.95. The first-order valence-electron chi connectivity index (χ1n) is 7.64. The predicted octanol–water partition coefficient (Wildman–Crippen LogP) is 6.18. The summed E-state index contributed by atoms with van der Waals surface area (Å²) in [6, 6.07) is 12.9. The average Bonchev–Trinajstić information content (AvgIpc) is 2.73. The molecule has 3 aromatic rings. The second kappa shape index (κ2) is 4.37. The summed E-state index contributed by atoms with van der Waals surface area (Å²) in [6.45, 7) is 13.7. The molecule has 0 saturated carbocycles. The molecule has 1 nitrogen and oxygen atoms in total. The monoisotopic (exact) mass is 280 g/mol. The lowest BCUT2D eigenvalue weighted by molar-refractivity contribution is 0.530. The molecule has 21 heavy (non-hydrogen) atoms. The Balaban J connectivity index is 2.44. The SMILES string of the molecule is CC(C)(C)c1cc2oc3ccccc3c2cc1C(C)(C)C. The predicted molar refractivity (Wildman–Crippen MR) is 91.1 cm³/mol. The number of hydrogen-bond donors (Lipinski definition) is 0. The Labute approximate surface area is 127 Å². The molecule has 0 amide bonds. The Bertz CT molecular complexity index is 807. The largest absolute Gasteiger partial charge is 0.456 e. The summed E-state index contributed by atoms with van der Waals surface area (Å²) in [5.41, 5.74) is 4.98. The fourth-order valence-corrected chi connectivity index (χ4v) is 3.01. The smallest absolute Gasteiger partial charge is 0.135 e. The van der Waals surface area contributed by atoms with E-state index < -0.39 is 0 Å². The summed E-state index contributed by atoms with van der Waals surface area (Å²) in [6.07, 6.45) is 0. The van der Waals surface area contributed by atoms with E-state index in [-0.39, 0.29) is 10.8 Å². The van der Waals surface area contributed by atoms with Crippen molar-refractivity contribution >= 4 is 21.9 Å². The van der Waals surface area contributed by atoms with Crippen LogP contribution in [0.4, 0.5) is 0 Å². The van der Waals surface area contributed by atoms with Gasteiger partial charge in [0.2, 0.25) is 0 Å². The molecule has 0 bridgehead atoms. The maximum absolute atomic E-state index is 6.06. The Morgan fingerprint density at radius 3 is 1.86 bits per heavy atom. The molecule has 3 rings (SSSR count). The van der Waals surface area contributed by atoms with Crippen molar-refractivity contribution in [1.82, 2.24) is 0 Å². The first-order chi connectivity index (χ1) is 9.68. The van der Waals surface area contributed by atoms with Crippen molar-refractivity contribution in [3.8, 4) is 0 Å². The molecule has 0 radical (unpaired) electrons. The Morgan fingerprint density at radius 1 is 0.667 bits per heavy atom. The third kappa shape index (κ3) is 2.35. The lowest BCUT2D eigenvalue weighted by atomic mass is 9.75. The van der Waals surface area contributed by atoms with E-state index in [0.29, 0.717) is 0 Å². The number of fused-ring (bicyclic) bond motifs is 3. The molecule has 2 aromatic carbocycles. The van der Waals surface area contributed by atoms with Crippen molar-refractivity contribution in [3.05, 3.63) is 47.5 Å². The Morgan fingerprint density at radius 2 is 1.24 bits per heavy atom. The molecule has 0 aliphatic carbocycles. The molecular formula is C20H24O. The minimum absolute atomic E-state index is 0.107. The molecule has 0 atom stereocenters. The van der Waals surface area contributed by atoms with Crippen LogP contribution in [0.1, 0.15) is 52.7 Å². The normalized spacial score (nSPS) is 13.2. The van der Waals surface area contributed by atoms with Crippen molar-refractivity contribution in [3.63, 3.8) is 0 Å². The fourth-order valence-electron chi connectivity index (χ4n) is 3.01. The van der Waals surface area contributed by atoms with Crippen LogP contribution in [-0.4, -0.2) is 0 Å². The van der Waals surface area contributed by atoms with Crippen molar-refractivity contribution in [2.24, 2.45) is 0 Å². The second-order valence-electron chi connectivity index (χ2n) is 7.99. The van der Waals surface area contributed by atoms with Gasteiger partial charge in [0.25, 0.3) is 0 Å². The molecule has 1 aromatic heterocycles. The van der Waals surface area contributed by atoms with Crippen molar-refractivity contribution in [1.29, 1.82) is 0 Å². The molecule has 0 saturated heterocycles. The zero-order chi connectivity index (χ0) is 15.4. The minimum atomic E-state index is 0.107. The fraction of sp³-hybridized carbons (Fsp3) is 0.400. The molecular weight excluding hydrogens is 256 g/mol. The summed E-state index contributed by atoms with van der Waals surface area (Å²) in [7, 11) is 0. The van der Waals surface area contributed by atoms with E-state index in [1.54, 1.807) is 0 Å². The van der Waals surface area contributed by atoms with Crippen LogP contribution in [0.2, 0.25) is 0 Å². The van der Waals surface area contributed by atoms with Gasteiger partial charge in [-0.2, -0.15) is 0 Å². The summed E-state index contributed by atoms with van der Waals surface area (Å²) in [4.78, 5) is 0. The van der Waals surface area contributed by atoms with Crippen molar-refractivity contribution in [2.75, 3.05) is 0 Å². The van der Waals surface area contributed by atoms with Gasteiger partial charge in [-0.15, -0.1) is 0 Å². The molecule has 0 N–H and O–H groups in total. The highest BCUT2D eigenvalue weighted by Gasteiger charge is 2.26. The third-order valence-corrected chi connectivity index (χ3v) is 4.13. The molecule has 0 fully saturated rings. The third-order valence-electron chi connectivity index (χ3n) is 4.13. The summed E-state index contributed by atoms with van der Waals surface area (Å²) in [5, 5.41) is 2.43. The van der Waals surface area contributed by atoms with Crippen LogP contribution in [-0.2, 0) is 10.8 Å². The average molecular weight is 280 g/mol. The minimum Gasteiger partial charge on any atom is -0.456 e. The van der Waals surface area contributed by atoms with Gasteiger partial charge >= 0.3 is 0 Å². The van der Waals surface area contributed by atoms with E-state index in [9.17, 15) is 0 Å².